The fourth-order valence-corrected chi connectivity index (χ4v) is 18.5. The van der Waals surface area contributed by atoms with Crippen LogP contribution in [0.4, 0.5) is 0 Å². The van der Waals surface area contributed by atoms with Crippen molar-refractivity contribution in [3.63, 3.8) is 0 Å². The van der Waals surface area contributed by atoms with Crippen LogP contribution in [0.25, 0.3) is 9.75 Å². The molecular weight excluding hydrogens is 1590 g/mol. The molecular formula is C124H142O2S2. The summed E-state index contributed by atoms with van der Waals surface area (Å²) in [6, 6.07) is 57.1. The third-order valence-corrected chi connectivity index (χ3v) is 26.8. The van der Waals surface area contributed by atoms with Gasteiger partial charge in [-0.25, -0.2) is 0 Å². The summed E-state index contributed by atoms with van der Waals surface area (Å²) < 4.78 is 12.3. The maximum atomic E-state index is 6.16. The molecule has 0 aliphatic heterocycles. The molecule has 2 nitrogen and oxygen atoms in total. The van der Waals surface area contributed by atoms with E-state index in [9.17, 15) is 0 Å². The SMILES string of the molecule is CCCCCCCCCOc1ccc(C#Cc2cc(CC)c(C#Cc3cc(C#Cc4cc(CC)c(C#Cc5ccc(CCCCCCCCC)cc5)cc4CC)c(-c4sc(C#Cc5cc(CC)c(C#Cc6ccc(OCCCCCCCCC)cc6)cc5CC)cc4C#Cc4cc(CC)c(C#Cc5ccc(CCCCCCCCC)cc5)cc4CC)s3)cc2CC)cc1. The maximum Gasteiger partial charge on any atom is 0.119 e. The molecule has 4 heteroatoms. The topological polar surface area (TPSA) is 18.5 Å². The van der Waals surface area contributed by atoms with E-state index >= 15 is 0 Å². The Hall–Kier alpha value is -10.8. The second-order valence-corrected chi connectivity index (χ2v) is 36.4. The van der Waals surface area contributed by atoms with E-state index in [1.165, 1.54) is 223 Å². The summed E-state index contributed by atoms with van der Waals surface area (Å²) in [5.74, 6) is 60.6. The van der Waals surface area contributed by atoms with Crippen LogP contribution in [0, 0.1) is 94.7 Å². The monoisotopic (exact) mass is 1730 g/mol. The Bertz CT molecular complexity index is 5360. The molecule has 0 radical (unpaired) electrons. The minimum atomic E-state index is 0.742. The zero-order chi connectivity index (χ0) is 90.1. The zero-order valence-electron chi connectivity index (χ0n) is 79.9. The van der Waals surface area contributed by atoms with Gasteiger partial charge in [-0.2, -0.15) is 0 Å². The first-order valence-electron chi connectivity index (χ1n) is 49.6. The fourth-order valence-electron chi connectivity index (χ4n) is 16.4. The highest BCUT2D eigenvalue weighted by atomic mass is 32.1. The van der Waals surface area contributed by atoms with E-state index in [4.69, 9.17) is 9.47 Å². The molecule has 0 saturated heterocycles. The third kappa shape index (κ3) is 32.5. The van der Waals surface area contributed by atoms with Crippen LogP contribution in [0.1, 0.15) is 406 Å². The number of hydrogen-bond donors (Lipinski definition) is 0. The fraction of sp³-hybridized carbons (Fsp3) is 0.419. The standard InChI is InChI=1S/C124H142O2S2/c1-13-25-29-33-37-41-45-49-95-51-55-97(56-52-95)59-67-109-85-105(21-9)113(89-101(109)17-5)71-73-117-93-121(81-75-115-91-103(19-7)111(87-107(115)23-11)69-61-99-63-77-119(78-64-99)125-83-47-43-39-35-31-27-15-3)127-123(117)124-118(74-72-114-90-102(18-6)110(86-106(114)22-10)68-60-98-57-53-96(54-58-98)50-46-42-38-34-30-26-14-2)94-122(128-124)82-76-116-92-104(20-8)112(88-108(116)24-12)70-62-100-65-79-120(80-66-100)126-84-48-44-40-36-32-28-16-4/h51-58,63-66,77-80,85-94H,13-50,83-84H2,1-12H3. The third-order valence-electron chi connectivity index (χ3n) is 24.5. The molecule has 0 aliphatic carbocycles. The summed E-state index contributed by atoms with van der Waals surface area (Å²) in [6.45, 7) is 28.4. The number of thiophene rings is 2. The molecule has 0 atom stereocenters. The van der Waals surface area contributed by atoms with Crippen molar-refractivity contribution in [3.05, 3.63) is 301 Å². The van der Waals surface area contributed by atoms with Gasteiger partial charge in [-0.15, -0.1) is 22.7 Å². The van der Waals surface area contributed by atoms with Gasteiger partial charge in [0.2, 0.25) is 0 Å². The molecule has 0 saturated carbocycles. The number of hydrogen-bond acceptors (Lipinski definition) is 4. The number of rotatable bonds is 43. The molecule has 2 heterocycles. The highest BCUT2D eigenvalue weighted by Crippen LogP contribution is 2.41. The first-order chi connectivity index (χ1) is 62.9. The number of unbranched alkanes of at least 4 members (excludes halogenated alkanes) is 24. The lowest BCUT2D eigenvalue weighted by atomic mass is 9.95. The number of ether oxygens (including phenoxy) is 2. The lowest BCUT2D eigenvalue weighted by molar-refractivity contribution is 0.304. The van der Waals surface area contributed by atoms with E-state index in [0.717, 1.165) is 199 Å². The van der Waals surface area contributed by atoms with Crippen molar-refractivity contribution in [1.82, 2.24) is 0 Å². The van der Waals surface area contributed by atoms with E-state index in [0.29, 0.717) is 0 Å². The highest BCUT2D eigenvalue weighted by molar-refractivity contribution is 7.23. The molecule has 0 N–H and O–H groups in total. The van der Waals surface area contributed by atoms with Gasteiger partial charge in [-0.1, -0.05) is 356 Å². The van der Waals surface area contributed by atoms with Gasteiger partial charge >= 0.3 is 0 Å². The summed E-state index contributed by atoms with van der Waals surface area (Å²) >= 11 is 3.38. The Kier molecular flexibility index (Phi) is 43.9. The quantitative estimate of drug-likeness (QED) is 0.0280. The van der Waals surface area contributed by atoms with E-state index < -0.39 is 0 Å². The second-order valence-electron chi connectivity index (χ2n) is 34.3. The molecule has 8 aromatic carbocycles. The molecule has 0 amide bonds. The van der Waals surface area contributed by atoms with Crippen molar-refractivity contribution in [2.24, 2.45) is 0 Å². The maximum absolute atomic E-state index is 6.16. The Labute approximate surface area is 783 Å². The van der Waals surface area contributed by atoms with Crippen LogP contribution >= 0.6 is 22.7 Å². The van der Waals surface area contributed by atoms with Crippen LogP contribution in [0.5, 0.6) is 11.5 Å². The van der Waals surface area contributed by atoms with Crippen LogP contribution in [0.2, 0.25) is 0 Å². The van der Waals surface area contributed by atoms with Gasteiger partial charge in [0.15, 0.2) is 0 Å². The molecule has 0 spiro atoms. The smallest absolute Gasteiger partial charge is 0.119 e. The molecule has 0 bridgehead atoms. The Morgan fingerprint density at radius 1 is 0.195 bits per heavy atom. The van der Waals surface area contributed by atoms with Crippen LogP contribution < -0.4 is 9.47 Å². The molecule has 0 unspecified atom stereocenters. The van der Waals surface area contributed by atoms with Crippen molar-refractivity contribution in [1.29, 1.82) is 0 Å². The van der Waals surface area contributed by atoms with Gasteiger partial charge in [0.1, 0.15) is 11.5 Å². The lowest BCUT2D eigenvalue weighted by Gasteiger charge is -2.08. The van der Waals surface area contributed by atoms with Gasteiger partial charge in [0.05, 0.1) is 32.7 Å². The van der Waals surface area contributed by atoms with E-state index in [2.05, 4.69) is 336 Å². The average molecular weight is 1730 g/mol. The van der Waals surface area contributed by atoms with Crippen LogP contribution in [-0.2, 0) is 64.2 Å². The van der Waals surface area contributed by atoms with Crippen LogP contribution in [-0.4, -0.2) is 13.2 Å². The Morgan fingerprint density at radius 3 is 0.641 bits per heavy atom. The summed E-state index contributed by atoms with van der Waals surface area (Å²) in [4.78, 5) is 3.89. The molecule has 662 valence electrons. The number of benzene rings is 8. The normalized spacial score (nSPS) is 10.6. The molecule has 128 heavy (non-hydrogen) atoms. The van der Waals surface area contributed by atoms with E-state index in [1.54, 1.807) is 22.7 Å². The van der Waals surface area contributed by atoms with E-state index in [-0.39, 0.29) is 0 Å². The Morgan fingerprint density at radius 2 is 0.398 bits per heavy atom. The minimum Gasteiger partial charge on any atom is -0.494 e. The first-order valence-corrected chi connectivity index (χ1v) is 51.3. The molecule has 10 aromatic rings. The van der Waals surface area contributed by atoms with Crippen molar-refractivity contribution >= 4 is 22.7 Å². The zero-order valence-corrected chi connectivity index (χ0v) is 81.6. The minimum absolute atomic E-state index is 0.742. The first kappa shape index (κ1) is 99.4. The summed E-state index contributed by atoms with van der Waals surface area (Å²) in [5.41, 5.74) is 26.2. The average Bonchev–Trinajstić information content (AvgIpc) is 1.59. The summed E-state index contributed by atoms with van der Waals surface area (Å²) in [6.07, 6.45) is 44.8. The van der Waals surface area contributed by atoms with Crippen LogP contribution in [0.3, 0.4) is 0 Å². The van der Waals surface area contributed by atoms with Crippen LogP contribution in [0.15, 0.2) is 158 Å². The van der Waals surface area contributed by atoms with Gasteiger partial charge in [-0.3, -0.25) is 0 Å². The lowest BCUT2D eigenvalue weighted by Crippen LogP contribution is -1.97. The predicted octanol–water partition coefficient (Wildman–Crippen LogP) is 32.0. The van der Waals surface area contributed by atoms with Crippen molar-refractivity contribution in [2.45, 2.75) is 327 Å². The van der Waals surface area contributed by atoms with Crippen molar-refractivity contribution < 1.29 is 9.47 Å². The molecule has 0 aliphatic rings. The van der Waals surface area contributed by atoms with Gasteiger partial charge in [0.25, 0.3) is 0 Å². The molecule has 2 aromatic heterocycles. The van der Waals surface area contributed by atoms with Gasteiger partial charge in [0, 0.05) is 77.9 Å². The van der Waals surface area contributed by atoms with Gasteiger partial charge < -0.3 is 9.47 Å². The van der Waals surface area contributed by atoms with Crippen molar-refractivity contribution in [2.75, 3.05) is 13.2 Å². The van der Waals surface area contributed by atoms with Gasteiger partial charge in [-0.05, 0) is 279 Å². The van der Waals surface area contributed by atoms with Crippen molar-refractivity contribution in [3.8, 4) is 116 Å². The Balaban J connectivity index is 1.04. The molecule has 0 fully saturated rings. The molecule has 10 rings (SSSR count). The predicted molar refractivity (Wildman–Crippen MR) is 552 cm³/mol. The summed E-state index contributed by atoms with van der Waals surface area (Å²) in [7, 11) is 0. The second kappa shape index (κ2) is 56.5. The summed E-state index contributed by atoms with van der Waals surface area (Å²) in [5, 5.41) is 0. The number of aryl methyl sites for hydroxylation is 10. The highest BCUT2D eigenvalue weighted by Gasteiger charge is 2.19. The van der Waals surface area contributed by atoms with E-state index in [1.807, 2.05) is 0 Å². The largest absolute Gasteiger partial charge is 0.494 e.